The van der Waals surface area contributed by atoms with E-state index in [0.29, 0.717) is 0 Å². The van der Waals surface area contributed by atoms with Gasteiger partial charge in [0.05, 0.1) is 11.7 Å². The van der Waals surface area contributed by atoms with E-state index >= 15 is 0 Å². The highest BCUT2D eigenvalue weighted by Gasteiger charge is 2.25. The predicted octanol–water partition coefficient (Wildman–Crippen LogP) is 1.91. The third kappa shape index (κ3) is 4.09. The molecule has 106 valence electrons. The molecule has 1 aromatic rings. The fourth-order valence-corrected chi connectivity index (χ4v) is 2.67. The number of halogens is 2. The zero-order chi connectivity index (χ0) is 13.1. The van der Waals surface area contributed by atoms with Gasteiger partial charge in [-0.3, -0.25) is 4.79 Å². The fraction of sp³-hybridized carbons (Fsp3) is 0.462. The van der Waals surface area contributed by atoms with E-state index in [1.165, 1.54) is 5.69 Å². The number of anilines is 1. The minimum atomic E-state index is -0.442. The lowest BCUT2D eigenvalue weighted by Crippen LogP contribution is -2.44. The standard InChI is InChI=1S/C13H18BrN3O.ClH/c1-9(15)13(18)16-10-6-7-17(8-10)12-5-3-2-4-11(12)14;/h2-5,9-10H,6-8,15H2,1H3,(H,16,18);1H. The number of hydrogen-bond donors (Lipinski definition) is 2. The SMILES string of the molecule is CC(N)C(=O)NC1CCN(c2ccccc2Br)C1.Cl. The van der Waals surface area contributed by atoms with Gasteiger partial charge in [0.25, 0.3) is 0 Å². The molecule has 19 heavy (non-hydrogen) atoms. The van der Waals surface area contributed by atoms with Gasteiger partial charge in [0, 0.05) is 23.6 Å². The van der Waals surface area contributed by atoms with E-state index in [9.17, 15) is 4.79 Å². The van der Waals surface area contributed by atoms with Gasteiger partial charge in [-0.15, -0.1) is 12.4 Å². The maximum absolute atomic E-state index is 11.5. The average Bonchev–Trinajstić information content (AvgIpc) is 2.77. The number of hydrogen-bond acceptors (Lipinski definition) is 3. The quantitative estimate of drug-likeness (QED) is 0.877. The third-order valence-corrected chi connectivity index (χ3v) is 3.81. The first-order valence-electron chi connectivity index (χ1n) is 6.13. The number of amides is 1. The molecule has 1 fully saturated rings. The molecule has 1 saturated heterocycles. The number of para-hydroxylation sites is 1. The van der Waals surface area contributed by atoms with Crippen molar-refractivity contribution in [2.75, 3.05) is 18.0 Å². The van der Waals surface area contributed by atoms with Crippen molar-refractivity contribution >= 4 is 39.9 Å². The fourth-order valence-electron chi connectivity index (χ4n) is 2.14. The molecule has 0 bridgehead atoms. The van der Waals surface area contributed by atoms with Crippen LogP contribution in [0.3, 0.4) is 0 Å². The summed E-state index contributed by atoms with van der Waals surface area (Å²) >= 11 is 3.55. The highest BCUT2D eigenvalue weighted by atomic mass is 79.9. The Balaban J connectivity index is 0.00000180. The lowest BCUT2D eigenvalue weighted by Gasteiger charge is -2.20. The molecule has 1 aliphatic heterocycles. The summed E-state index contributed by atoms with van der Waals surface area (Å²) < 4.78 is 1.09. The van der Waals surface area contributed by atoms with Gasteiger partial charge in [-0.2, -0.15) is 0 Å². The van der Waals surface area contributed by atoms with Gasteiger partial charge in [0.15, 0.2) is 0 Å². The summed E-state index contributed by atoms with van der Waals surface area (Å²) in [4.78, 5) is 13.8. The van der Waals surface area contributed by atoms with Gasteiger partial charge in [-0.05, 0) is 41.4 Å². The first kappa shape index (κ1) is 16.3. The molecule has 0 spiro atoms. The molecule has 1 aromatic carbocycles. The number of carbonyl (C=O) groups is 1. The molecule has 4 nitrogen and oxygen atoms in total. The van der Waals surface area contributed by atoms with Crippen LogP contribution in [0.1, 0.15) is 13.3 Å². The van der Waals surface area contributed by atoms with E-state index in [0.717, 1.165) is 24.0 Å². The normalized spacial score (nSPS) is 19.7. The van der Waals surface area contributed by atoms with Gasteiger partial charge >= 0.3 is 0 Å². The monoisotopic (exact) mass is 347 g/mol. The topological polar surface area (TPSA) is 58.4 Å². The molecular formula is C13H19BrClN3O. The van der Waals surface area contributed by atoms with Crippen molar-refractivity contribution in [1.29, 1.82) is 0 Å². The molecule has 2 atom stereocenters. The van der Waals surface area contributed by atoms with Crippen molar-refractivity contribution in [3.8, 4) is 0 Å². The highest BCUT2D eigenvalue weighted by molar-refractivity contribution is 9.10. The van der Waals surface area contributed by atoms with Crippen LogP contribution in [0.15, 0.2) is 28.7 Å². The first-order chi connectivity index (χ1) is 8.58. The largest absolute Gasteiger partial charge is 0.368 e. The Kier molecular flexibility index (Phi) is 6.10. The predicted molar refractivity (Wildman–Crippen MR) is 83.8 cm³/mol. The Bertz CT molecular complexity index is 442. The van der Waals surface area contributed by atoms with Crippen LogP contribution < -0.4 is 16.0 Å². The van der Waals surface area contributed by atoms with Crippen LogP contribution in [0.4, 0.5) is 5.69 Å². The molecule has 0 radical (unpaired) electrons. The maximum Gasteiger partial charge on any atom is 0.236 e. The number of nitrogens with zero attached hydrogens (tertiary/aromatic N) is 1. The zero-order valence-electron chi connectivity index (χ0n) is 10.8. The van der Waals surface area contributed by atoms with E-state index in [1.54, 1.807) is 6.92 Å². The second-order valence-electron chi connectivity index (χ2n) is 4.68. The lowest BCUT2D eigenvalue weighted by molar-refractivity contribution is -0.122. The summed E-state index contributed by atoms with van der Waals surface area (Å²) in [6.45, 7) is 3.49. The number of nitrogens with one attached hydrogen (secondary N) is 1. The molecular weight excluding hydrogens is 330 g/mol. The molecule has 1 heterocycles. The Morgan fingerprint density at radius 3 is 2.84 bits per heavy atom. The van der Waals surface area contributed by atoms with Crippen molar-refractivity contribution in [1.82, 2.24) is 5.32 Å². The Labute approximate surface area is 128 Å². The Hall–Kier alpha value is -0.780. The van der Waals surface area contributed by atoms with E-state index in [-0.39, 0.29) is 24.4 Å². The van der Waals surface area contributed by atoms with Crippen LogP contribution in [0, 0.1) is 0 Å². The van der Waals surface area contributed by atoms with Crippen LogP contribution >= 0.6 is 28.3 Å². The lowest BCUT2D eigenvalue weighted by atomic mass is 10.2. The number of benzene rings is 1. The molecule has 3 N–H and O–H groups in total. The van der Waals surface area contributed by atoms with Crippen molar-refractivity contribution < 1.29 is 4.79 Å². The van der Waals surface area contributed by atoms with Crippen molar-refractivity contribution in [2.24, 2.45) is 5.73 Å². The van der Waals surface area contributed by atoms with E-state index < -0.39 is 6.04 Å². The van der Waals surface area contributed by atoms with Gasteiger partial charge < -0.3 is 16.0 Å². The first-order valence-corrected chi connectivity index (χ1v) is 6.92. The molecule has 1 aliphatic rings. The minimum absolute atomic E-state index is 0. The van der Waals surface area contributed by atoms with Gasteiger partial charge in [0.2, 0.25) is 5.91 Å². The Morgan fingerprint density at radius 1 is 1.53 bits per heavy atom. The maximum atomic E-state index is 11.5. The Morgan fingerprint density at radius 2 is 2.21 bits per heavy atom. The third-order valence-electron chi connectivity index (χ3n) is 3.14. The van der Waals surface area contributed by atoms with Gasteiger partial charge in [0.1, 0.15) is 0 Å². The summed E-state index contributed by atoms with van der Waals surface area (Å²) in [7, 11) is 0. The van der Waals surface area contributed by atoms with Gasteiger partial charge in [-0.25, -0.2) is 0 Å². The average molecular weight is 349 g/mol. The van der Waals surface area contributed by atoms with Gasteiger partial charge in [-0.1, -0.05) is 12.1 Å². The van der Waals surface area contributed by atoms with E-state index in [2.05, 4.69) is 32.2 Å². The number of rotatable bonds is 3. The zero-order valence-corrected chi connectivity index (χ0v) is 13.2. The van der Waals surface area contributed by atoms with Crippen molar-refractivity contribution in [2.45, 2.75) is 25.4 Å². The highest BCUT2D eigenvalue weighted by Crippen LogP contribution is 2.28. The summed E-state index contributed by atoms with van der Waals surface area (Å²) in [5.41, 5.74) is 6.73. The van der Waals surface area contributed by atoms with Crippen molar-refractivity contribution in [3.63, 3.8) is 0 Å². The summed E-state index contributed by atoms with van der Waals surface area (Å²) in [6.07, 6.45) is 0.958. The number of nitrogens with two attached hydrogens (primary N) is 1. The van der Waals surface area contributed by atoms with E-state index in [4.69, 9.17) is 5.73 Å². The van der Waals surface area contributed by atoms with Crippen LogP contribution in [0.2, 0.25) is 0 Å². The minimum Gasteiger partial charge on any atom is -0.368 e. The summed E-state index contributed by atoms with van der Waals surface area (Å²) in [6, 6.07) is 7.88. The second kappa shape index (κ2) is 7.12. The molecule has 0 saturated carbocycles. The van der Waals surface area contributed by atoms with Crippen LogP contribution in [-0.4, -0.2) is 31.1 Å². The van der Waals surface area contributed by atoms with Crippen molar-refractivity contribution in [3.05, 3.63) is 28.7 Å². The second-order valence-corrected chi connectivity index (χ2v) is 5.53. The van der Waals surface area contributed by atoms with Crippen LogP contribution in [0.5, 0.6) is 0 Å². The van der Waals surface area contributed by atoms with E-state index in [1.807, 2.05) is 18.2 Å². The molecule has 1 amide bonds. The van der Waals surface area contributed by atoms with Crippen LogP contribution in [-0.2, 0) is 4.79 Å². The molecule has 0 aromatic heterocycles. The summed E-state index contributed by atoms with van der Waals surface area (Å²) in [5.74, 6) is -0.0750. The molecule has 0 aliphatic carbocycles. The van der Waals surface area contributed by atoms with Crippen LogP contribution in [0.25, 0.3) is 0 Å². The summed E-state index contributed by atoms with van der Waals surface area (Å²) in [5, 5.41) is 2.98. The molecule has 2 rings (SSSR count). The smallest absolute Gasteiger partial charge is 0.236 e. The molecule has 2 unspecified atom stereocenters. The number of carbonyl (C=O) groups excluding carboxylic acids is 1. The molecule has 6 heteroatoms.